The van der Waals surface area contributed by atoms with E-state index in [2.05, 4.69) is 20.4 Å². The summed E-state index contributed by atoms with van der Waals surface area (Å²) >= 11 is 0. The largest absolute Gasteiger partial charge is 0.463 e. The van der Waals surface area contributed by atoms with E-state index >= 15 is 0 Å². The van der Waals surface area contributed by atoms with Gasteiger partial charge in [0, 0.05) is 6.08 Å². The van der Waals surface area contributed by atoms with Gasteiger partial charge in [0.1, 0.15) is 0 Å². The van der Waals surface area contributed by atoms with Crippen molar-refractivity contribution in [3.05, 3.63) is 12.7 Å². The van der Waals surface area contributed by atoms with Crippen LogP contribution in [0.3, 0.4) is 0 Å². The molecular formula is C11H20O2. The van der Waals surface area contributed by atoms with Crippen LogP contribution in [0.4, 0.5) is 0 Å². The first-order valence-electron chi connectivity index (χ1n) is 5.03. The average Bonchev–Trinajstić information content (AvgIpc) is 2.18. The molecule has 0 aromatic heterocycles. The lowest BCUT2D eigenvalue weighted by molar-refractivity contribution is -0.137. The summed E-state index contributed by atoms with van der Waals surface area (Å²) < 4.78 is 4.87. The fourth-order valence-corrected chi connectivity index (χ4v) is 1.30. The van der Waals surface area contributed by atoms with Gasteiger partial charge in [-0.05, 0) is 18.8 Å². The third-order valence-corrected chi connectivity index (χ3v) is 2.32. The van der Waals surface area contributed by atoms with E-state index in [-0.39, 0.29) is 5.97 Å². The highest BCUT2D eigenvalue weighted by Gasteiger charge is 2.03. The molecule has 0 fully saturated rings. The van der Waals surface area contributed by atoms with Gasteiger partial charge in [-0.1, -0.05) is 33.3 Å². The fraction of sp³-hybridized carbons (Fsp3) is 0.727. The first kappa shape index (κ1) is 12.2. The summed E-state index contributed by atoms with van der Waals surface area (Å²) in [5.74, 6) is 0.465. The molecule has 0 rings (SSSR count). The van der Waals surface area contributed by atoms with Crippen molar-refractivity contribution >= 4 is 5.97 Å². The molecule has 0 aliphatic rings. The highest BCUT2D eigenvalue weighted by atomic mass is 16.5. The Bertz CT molecular complexity index is 148. The lowest BCUT2D eigenvalue weighted by atomic mass is 9.98. The minimum Gasteiger partial charge on any atom is -0.463 e. The van der Waals surface area contributed by atoms with Crippen molar-refractivity contribution < 1.29 is 9.53 Å². The zero-order valence-corrected chi connectivity index (χ0v) is 8.71. The van der Waals surface area contributed by atoms with E-state index in [4.69, 9.17) is 4.74 Å². The Kier molecular flexibility index (Phi) is 7.36. The van der Waals surface area contributed by atoms with Crippen molar-refractivity contribution in [3.8, 4) is 0 Å². The molecule has 0 aromatic carbocycles. The number of ether oxygens (including phenoxy) is 1. The molecule has 2 nitrogen and oxygen atoms in total. The molecule has 0 aromatic rings. The molecule has 0 aliphatic heterocycles. The molecule has 0 spiro atoms. The molecule has 0 atom stereocenters. The van der Waals surface area contributed by atoms with Crippen LogP contribution < -0.4 is 0 Å². The molecule has 0 unspecified atom stereocenters. The zero-order chi connectivity index (χ0) is 10.1. The minimum atomic E-state index is -0.315. The monoisotopic (exact) mass is 184 g/mol. The van der Waals surface area contributed by atoms with Crippen molar-refractivity contribution in [2.75, 3.05) is 6.61 Å². The van der Waals surface area contributed by atoms with E-state index in [9.17, 15) is 4.79 Å². The minimum absolute atomic E-state index is 0.315. The first-order valence-corrected chi connectivity index (χ1v) is 5.03. The molecule has 0 radical (unpaired) electrons. The first-order chi connectivity index (χ1) is 6.24. The molecule has 2 heteroatoms. The van der Waals surface area contributed by atoms with Gasteiger partial charge in [0.05, 0.1) is 6.61 Å². The quantitative estimate of drug-likeness (QED) is 0.345. The van der Waals surface area contributed by atoms with Gasteiger partial charge in [-0.3, -0.25) is 0 Å². The second-order valence-corrected chi connectivity index (χ2v) is 3.20. The predicted octanol–water partition coefficient (Wildman–Crippen LogP) is 2.93. The van der Waals surface area contributed by atoms with Gasteiger partial charge in [0.25, 0.3) is 0 Å². The SMILES string of the molecule is C=CC(=O)OCCCC(CC)CC. The van der Waals surface area contributed by atoms with E-state index in [1.54, 1.807) is 0 Å². The van der Waals surface area contributed by atoms with Gasteiger partial charge >= 0.3 is 5.97 Å². The topological polar surface area (TPSA) is 26.3 Å². The summed E-state index contributed by atoms with van der Waals surface area (Å²) in [5, 5.41) is 0. The number of rotatable bonds is 7. The van der Waals surface area contributed by atoms with Crippen molar-refractivity contribution in [1.29, 1.82) is 0 Å². The van der Waals surface area contributed by atoms with Gasteiger partial charge in [-0.2, -0.15) is 0 Å². The molecule has 0 aliphatic carbocycles. The van der Waals surface area contributed by atoms with Gasteiger partial charge < -0.3 is 4.74 Å². The third kappa shape index (κ3) is 6.38. The molecule has 76 valence electrons. The number of carbonyl (C=O) groups excluding carboxylic acids is 1. The number of carbonyl (C=O) groups is 1. The van der Waals surface area contributed by atoms with Crippen LogP contribution in [0, 0.1) is 5.92 Å². The fourth-order valence-electron chi connectivity index (χ4n) is 1.30. The predicted molar refractivity (Wildman–Crippen MR) is 54.5 cm³/mol. The Hall–Kier alpha value is -0.790. The maximum Gasteiger partial charge on any atom is 0.330 e. The van der Waals surface area contributed by atoms with Crippen molar-refractivity contribution in [1.82, 2.24) is 0 Å². The van der Waals surface area contributed by atoms with Crippen LogP contribution in [0.25, 0.3) is 0 Å². The maximum atomic E-state index is 10.7. The third-order valence-electron chi connectivity index (χ3n) is 2.32. The van der Waals surface area contributed by atoms with E-state index < -0.39 is 0 Å². The molecule has 0 saturated heterocycles. The van der Waals surface area contributed by atoms with E-state index in [1.807, 2.05) is 0 Å². The van der Waals surface area contributed by atoms with Gasteiger partial charge in [-0.15, -0.1) is 0 Å². The molecular weight excluding hydrogens is 164 g/mol. The Morgan fingerprint density at radius 1 is 1.46 bits per heavy atom. The highest BCUT2D eigenvalue weighted by Crippen LogP contribution is 2.14. The summed E-state index contributed by atoms with van der Waals surface area (Å²) in [5.41, 5.74) is 0. The van der Waals surface area contributed by atoms with Crippen molar-refractivity contribution in [2.24, 2.45) is 5.92 Å². The zero-order valence-electron chi connectivity index (χ0n) is 8.71. The van der Waals surface area contributed by atoms with Crippen LogP contribution in [0.15, 0.2) is 12.7 Å². The Morgan fingerprint density at radius 2 is 2.08 bits per heavy atom. The molecule has 0 N–H and O–H groups in total. The smallest absolute Gasteiger partial charge is 0.330 e. The normalized spacial score (nSPS) is 10.1. The van der Waals surface area contributed by atoms with E-state index in [1.165, 1.54) is 18.9 Å². The van der Waals surface area contributed by atoms with Crippen LogP contribution >= 0.6 is 0 Å². The molecule has 13 heavy (non-hydrogen) atoms. The summed E-state index contributed by atoms with van der Waals surface area (Å²) in [7, 11) is 0. The van der Waals surface area contributed by atoms with Crippen LogP contribution in [-0.4, -0.2) is 12.6 Å². The summed E-state index contributed by atoms with van der Waals surface area (Å²) in [6, 6.07) is 0. The van der Waals surface area contributed by atoms with Crippen LogP contribution in [0.1, 0.15) is 39.5 Å². The van der Waals surface area contributed by atoms with Gasteiger partial charge in [0.15, 0.2) is 0 Å². The van der Waals surface area contributed by atoms with Gasteiger partial charge in [0.2, 0.25) is 0 Å². The Balaban J connectivity index is 3.33. The Labute approximate surface area is 81.0 Å². The average molecular weight is 184 g/mol. The van der Waals surface area contributed by atoms with Crippen molar-refractivity contribution in [2.45, 2.75) is 39.5 Å². The number of hydrogen-bond donors (Lipinski definition) is 0. The van der Waals surface area contributed by atoms with Gasteiger partial charge in [-0.25, -0.2) is 4.79 Å². The number of hydrogen-bond acceptors (Lipinski definition) is 2. The van der Waals surface area contributed by atoms with E-state index in [0.717, 1.165) is 18.8 Å². The molecule has 0 saturated carbocycles. The van der Waals surface area contributed by atoms with Crippen LogP contribution in [-0.2, 0) is 9.53 Å². The van der Waals surface area contributed by atoms with Crippen LogP contribution in [0.2, 0.25) is 0 Å². The Morgan fingerprint density at radius 3 is 2.54 bits per heavy atom. The highest BCUT2D eigenvalue weighted by molar-refractivity contribution is 5.81. The second kappa shape index (κ2) is 7.84. The lowest BCUT2D eigenvalue weighted by Crippen LogP contribution is -2.04. The van der Waals surface area contributed by atoms with Crippen molar-refractivity contribution in [3.63, 3.8) is 0 Å². The molecule has 0 amide bonds. The second-order valence-electron chi connectivity index (χ2n) is 3.20. The summed E-state index contributed by atoms with van der Waals surface area (Å²) in [4.78, 5) is 10.7. The molecule has 0 heterocycles. The standard InChI is InChI=1S/C11H20O2/c1-4-10(5-2)8-7-9-13-11(12)6-3/h6,10H,3-5,7-9H2,1-2H3. The van der Waals surface area contributed by atoms with Crippen LogP contribution in [0.5, 0.6) is 0 Å². The molecule has 0 bridgehead atoms. The summed E-state index contributed by atoms with van der Waals surface area (Å²) in [6.45, 7) is 8.26. The summed E-state index contributed by atoms with van der Waals surface area (Å²) in [6.07, 6.45) is 5.75. The lowest BCUT2D eigenvalue weighted by Gasteiger charge is -2.11. The maximum absolute atomic E-state index is 10.7. The number of esters is 1. The van der Waals surface area contributed by atoms with E-state index in [0.29, 0.717) is 6.61 Å².